The lowest BCUT2D eigenvalue weighted by molar-refractivity contribution is 0.0763. The van der Waals surface area contributed by atoms with E-state index in [1.54, 1.807) is 29.3 Å². The first-order valence-corrected chi connectivity index (χ1v) is 9.33. The lowest BCUT2D eigenvalue weighted by atomic mass is 9.96. The number of carbonyl (C=O) groups excluding carboxylic acids is 1. The Morgan fingerprint density at radius 3 is 2.83 bits per heavy atom. The number of aliphatic imine (C=N–C) groups is 1. The van der Waals surface area contributed by atoms with Gasteiger partial charge in [0, 0.05) is 18.3 Å². The predicted octanol–water partition coefficient (Wildman–Crippen LogP) is 5.07. The summed E-state index contributed by atoms with van der Waals surface area (Å²) in [6.45, 7) is 14.0. The van der Waals surface area contributed by atoms with E-state index in [0.29, 0.717) is 24.7 Å². The molecule has 2 heterocycles. The number of hydrogen-bond acceptors (Lipinski definition) is 3. The van der Waals surface area contributed by atoms with Crippen molar-refractivity contribution in [2.45, 2.75) is 20.0 Å². The third-order valence-corrected chi connectivity index (χ3v) is 4.65. The molecule has 0 spiro atoms. The maximum Gasteiger partial charge on any atom is 0.254 e. The monoisotopic (exact) mass is 384 g/mol. The molecular weight excluding hydrogens is 360 g/mol. The third-order valence-electron chi connectivity index (χ3n) is 4.65. The minimum Gasteiger partial charge on any atom is -0.343 e. The fraction of sp³-hybridized carbons (Fsp3) is 0.125. The van der Waals surface area contributed by atoms with Gasteiger partial charge in [0.1, 0.15) is 5.82 Å². The highest BCUT2D eigenvalue weighted by Crippen LogP contribution is 2.31. The maximum atomic E-state index is 13.0. The molecule has 29 heavy (non-hydrogen) atoms. The van der Waals surface area contributed by atoms with Crippen LogP contribution in [0.5, 0.6) is 0 Å². The molecule has 0 atom stereocenters. The minimum absolute atomic E-state index is 0.00269. The number of fused-ring (bicyclic) bond motifs is 1. The SMILES string of the molecule is C=CC=Nc1nc(CN2Cc3c(cccc3/C(C=C)=C/C=C\C=C)C2=O)[nH]c1C. The van der Waals surface area contributed by atoms with E-state index in [4.69, 9.17) is 0 Å². The maximum absolute atomic E-state index is 13.0. The van der Waals surface area contributed by atoms with Gasteiger partial charge < -0.3 is 9.88 Å². The Bertz CT molecular complexity index is 1050. The Morgan fingerprint density at radius 1 is 1.28 bits per heavy atom. The highest BCUT2D eigenvalue weighted by Gasteiger charge is 2.30. The quantitative estimate of drug-likeness (QED) is 0.510. The van der Waals surface area contributed by atoms with Gasteiger partial charge in [0.15, 0.2) is 5.82 Å². The Kier molecular flexibility index (Phi) is 6.19. The molecule has 1 N–H and O–H groups in total. The molecule has 0 unspecified atom stereocenters. The van der Waals surface area contributed by atoms with Crippen molar-refractivity contribution in [2.24, 2.45) is 4.99 Å². The van der Waals surface area contributed by atoms with Crippen LogP contribution in [0.4, 0.5) is 5.82 Å². The summed E-state index contributed by atoms with van der Waals surface area (Å²) in [5.74, 6) is 1.31. The number of aryl methyl sites for hydroxylation is 1. The van der Waals surface area contributed by atoms with Crippen LogP contribution >= 0.6 is 0 Å². The van der Waals surface area contributed by atoms with Crippen molar-refractivity contribution in [1.82, 2.24) is 14.9 Å². The molecule has 0 saturated carbocycles. The van der Waals surface area contributed by atoms with E-state index in [-0.39, 0.29) is 5.91 Å². The van der Waals surface area contributed by atoms with E-state index in [1.807, 2.05) is 43.4 Å². The molecule has 3 rings (SSSR count). The number of nitrogens with zero attached hydrogens (tertiary/aromatic N) is 3. The van der Waals surface area contributed by atoms with Crippen LogP contribution in [-0.4, -0.2) is 27.0 Å². The van der Waals surface area contributed by atoms with Crippen molar-refractivity contribution >= 4 is 23.5 Å². The van der Waals surface area contributed by atoms with Gasteiger partial charge in [0.2, 0.25) is 0 Å². The van der Waals surface area contributed by atoms with E-state index in [2.05, 4.69) is 34.7 Å². The van der Waals surface area contributed by atoms with Crippen LogP contribution in [0, 0.1) is 6.92 Å². The molecule has 1 aliphatic heterocycles. The molecule has 1 amide bonds. The summed E-state index contributed by atoms with van der Waals surface area (Å²) < 4.78 is 0. The fourth-order valence-corrected chi connectivity index (χ4v) is 3.31. The molecule has 0 aliphatic carbocycles. The summed E-state index contributed by atoms with van der Waals surface area (Å²) >= 11 is 0. The number of carbonyl (C=O) groups is 1. The van der Waals surface area contributed by atoms with E-state index >= 15 is 0 Å². The zero-order valence-corrected chi connectivity index (χ0v) is 16.6. The van der Waals surface area contributed by atoms with E-state index in [1.165, 1.54) is 0 Å². The van der Waals surface area contributed by atoms with Crippen LogP contribution in [0.25, 0.3) is 5.57 Å². The summed E-state index contributed by atoms with van der Waals surface area (Å²) in [4.78, 5) is 26.7. The summed E-state index contributed by atoms with van der Waals surface area (Å²) in [7, 11) is 0. The first-order valence-electron chi connectivity index (χ1n) is 9.33. The van der Waals surface area contributed by atoms with Crippen molar-refractivity contribution in [1.29, 1.82) is 0 Å². The summed E-state index contributed by atoms with van der Waals surface area (Å²) in [6, 6.07) is 5.79. The number of amides is 1. The fourth-order valence-electron chi connectivity index (χ4n) is 3.31. The highest BCUT2D eigenvalue weighted by atomic mass is 16.2. The standard InChI is InChI=1S/C24H24N4O/c1-5-8-9-11-18(7-3)19-12-10-13-20-21(19)15-28(24(20)29)16-22-26-17(4)23(27-22)25-14-6-2/h5-14H,1-3,15-16H2,4H3,(H,26,27)/b9-8-,18-11+,25-14?. The lowest BCUT2D eigenvalue weighted by Gasteiger charge is -2.14. The summed E-state index contributed by atoms with van der Waals surface area (Å²) in [5.41, 5.74) is 4.55. The van der Waals surface area contributed by atoms with Crippen molar-refractivity contribution < 1.29 is 4.79 Å². The Labute approximate surface area is 171 Å². The van der Waals surface area contributed by atoms with Gasteiger partial charge in [0.05, 0.1) is 12.2 Å². The van der Waals surface area contributed by atoms with E-state index < -0.39 is 0 Å². The zero-order chi connectivity index (χ0) is 20.8. The van der Waals surface area contributed by atoms with Gasteiger partial charge in [-0.1, -0.05) is 68.3 Å². The number of hydrogen-bond donors (Lipinski definition) is 1. The average Bonchev–Trinajstić information content (AvgIpc) is 3.23. The first kappa shape index (κ1) is 20.0. The van der Waals surface area contributed by atoms with E-state index in [9.17, 15) is 4.79 Å². The topological polar surface area (TPSA) is 61.4 Å². The molecule has 5 nitrogen and oxygen atoms in total. The van der Waals surface area contributed by atoms with Crippen LogP contribution in [0.1, 0.15) is 33.0 Å². The van der Waals surface area contributed by atoms with Gasteiger partial charge in [-0.15, -0.1) is 0 Å². The van der Waals surface area contributed by atoms with Gasteiger partial charge in [0.25, 0.3) is 5.91 Å². The zero-order valence-electron chi connectivity index (χ0n) is 16.6. The Balaban J connectivity index is 1.88. The number of aromatic nitrogens is 2. The third kappa shape index (κ3) is 4.24. The number of allylic oxidation sites excluding steroid dienone is 7. The molecule has 0 bridgehead atoms. The molecule has 1 aliphatic rings. The molecule has 146 valence electrons. The normalized spacial score (nSPS) is 14.0. The number of H-pyrrole nitrogens is 1. The van der Waals surface area contributed by atoms with Gasteiger partial charge >= 0.3 is 0 Å². The molecule has 0 saturated heterocycles. The largest absolute Gasteiger partial charge is 0.343 e. The van der Waals surface area contributed by atoms with Crippen LogP contribution in [0.2, 0.25) is 0 Å². The molecule has 2 aromatic rings. The number of imidazole rings is 1. The lowest BCUT2D eigenvalue weighted by Crippen LogP contribution is -2.23. The van der Waals surface area contributed by atoms with Gasteiger partial charge in [-0.3, -0.25) is 4.79 Å². The number of nitrogens with one attached hydrogen (secondary N) is 1. The Morgan fingerprint density at radius 2 is 2.10 bits per heavy atom. The molecule has 0 fully saturated rings. The van der Waals surface area contributed by atoms with E-state index in [0.717, 1.165) is 28.0 Å². The molecule has 5 heteroatoms. The van der Waals surface area contributed by atoms with Crippen molar-refractivity contribution in [3.05, 3.63) is 103 Å². The van der Waals surface area contributed by atoms with Crippen molar-refractivity contribution in [3.8, 4) is 0 Å². The van der Waals surface area contributed by atoms with Gasteiger partial charge in [-0.2, -0.15) is 0 Å². The number of aromatic amines is 1. The highest BCUT2D eigenvalue weighted by molar-refractivity contribution is 6.00. The molecule has 1 aromatic heterocycles. The van der Waals surface area contributed by atoms with Crippen molar-refractivity contribution in [2.75, 3.05) is 0 Å². The average molecular weight is 384 g/mol. The number of rotatable bonds is 8. The molecule has 1 aromatic carbocycles. The van der Waals surface area contributed by atoms with Crippen molar-refractivity contribution in [3.63, 3.8) is 0 Å². The van der Waals surface area contributed by atoms with Gasteiger partial charge in [-0.05, 0) is 29.7 Å². The summed E-state index contributed by atoms with van der Waals surface area (Å²) in [5, 5.41) is 0. The second-order valence-corrected chi connectivity index (χ2v) is 6.59. The van der Waals surface area contributed by atoms with Crippen LogP contribution in [0.3, 0.4) is 0 Å². The minimum atomic E-state index is -0.00269. The van der Waals surface area contributed by atoms with Gasteiger partial charge in [-0.25, -0.2) is 9.98 Å². The van der Waals surface area contributed by atoms with Crippen LogP contribution < -0.4 is 0 Å². The predicted molar refractivity (Wildman–Crippen MR) is 119 cm³/mol. The van der Waals surface area contributed by atoms with Crippen LogP contribution in [-0.2, 0) is 13.1 Å². The summed E-state index contributed by atoms with van der Waals surface area (Å²) in [6.07, 6.45) is 12.5. The first-order chi connectivity index (χ1) is 14.1. The smallest absolute Gasteiger partial charge is 0.254 e. The Hall–Kier alpha value is -3.73. The molecular formula is C24H24N4O. The molecule has 0 radical (unpaired) electrons. The number of benzene rings is 1. The second kappa shape index (κ2) is 8.97. The second-order valence-electron chi connectivity index (χ2n) is 6.59. The van der Waals surface area contributed by atoms with Crippen LogP contribution in [0.15, 0.2) is 79.4 Å².